The summed E-state index contributed by atoms with van der Waals surface area (Å²) in [6.07, 6.45) is 4.43. The van der Waals surface area contributed by atoms with Gasteiger partial charge in [-0.25, -0.2) is 4.99 Å². The van der Waals surface area contributed by atoms with Crippen LogP contribution in [0.2, 0.25) is 5.02 Å². The van der Waals surface area contributed by atoms with Crippen molar-refractivity contribution in [1.29, 1.82) is 0 Å². The molecule has 0 spiro atoms. The third kappa shape index (κ3) is 2.60. The predicted octanol–water partition coefficient (Wildman–Crippen LogP) is 3.94. The van der Waals surface area contributed by atoms with Crippen molar-refractivity contribution in [2.24, 2.45) is 15.9 Å². The lowest BCUT2D eigenvalue weighted by Crippen LogP contribution is -2.44. The van der Waals surface area contributed by atoms with Crippen LogP contribution >= 0.6 is 11.6 Å². The zero-order valence-corrected chi connectivity index (χ0v) is 14.3. The van der Waals surface area contributed by atoms with Crippen LogP contribution in [0.25, 0.3) is 0 Å². The topological polar surface area (TPSA) is 40.0 Å². The van der Waals surface area contributed by atoms with E-state index in [1.807, 2.05) is 18.2 Å². The molecule has 1 saturated heterocycles. The van der Waals surface area contributed by atoms with Gasteiger partial charge in [-0.3, -0.25) is 9.89 Å². The summed E-state index contributed by atoms with van der Waals surface area (Å²) in [4.78, 5) is 12.1. The van der Waals surface area contributed by atoms with Crippen molar-refractivity contribution in [3.05, 3.63) is 35.0 Å². The summed E-state index contributed by atoms with van der Waals surface area (Å²) in [5, 5.41) is 4.16. The van der Waals surface area contributed by atoms with Crippen LogP contribution in [0.15, 0.2) is 40.0 Å². The van der Waals surface area contributed by atoms with Crippen LogP contribution < -0.4 is 10.2 Å². The van der Waals surface area contributed by atoms with Gasteiger partial charge in [0, 0.05) is 17.1 Å². The maximum Gasteiger partial charge on any atom is 0.155 e. The van der Waals surface area contributed by atoms with E-state index in [1.54, 1.807) is 0 Å². The standard InChI is InChI=1S/C18H21ClN4/c1-11-10-23-16-9-14(19)3-4-15(16)22-17(18(23)21-12(11)2)13-5-7-20-8-6-13/h3-4,9-10,12-13,20H,5-8H2,1-2H3. The summed E-state index contributed by atoms with van der Waals surface area (Å²) in [5.74, 6) is 1.48. The number of nitrogens with zero attached hydrogens (tertiary/aromatic N) is 3. The third-order valence-corrected chi connectivity index (χ3v) is 5.16. The Morgan fingerprint density at radius 1 is 1.26 bits per heavy atom. The number of anilines is 1. The van der Waals surface area contributed by atoms with Gasteiger partial charge in [0.2, 0.25) is 0 Å². The molecular weight excluding hydrogens is 308 g/mol. The fourth-order valence-electron chi connectivity index (χ4n) is 3.43. The van der Waals surface area contributed by atoms with Gasteiger partial charge < -0.3 is 5.32 Å². The zero-order valence-electron chi connectivity index (χ0n) is 13.5. The summed E-state index contributed by atoms with van der Waals surface area (Å²) in [7, 11) is 0. The highest BCUT2D eigenvalue weighted by molar-refractivity contribution is 6.49. The van der Waals surface area contributed by atoms with Crippen LogP contribution in [0.5, 0.6) is 0 Å². The van der Waals surface area contributed by atoms with E-state index in [9.17, 15) is 0 Å². The molecule has 1 aromatic carbocycles. The van der Waals surface area contributed by atoms with E-state index < -0.39 is 0 Å². The molecule has 1 unspecified atom stereocenters. The zero-order chi connectivity index (χ0) is 16.0. The van der Waals surface area contributed by atoms with Crippen LogP contribution in [0.1, 0.15) is 26.7 Å². The normalized spacial score (nSPS) is 24.4. The van der Waals surface area contributed by atoms with E-state index in [-0.39, 0.29) is 6.04 Å². The molecule has 23 heavy (non-hydrogen) atoms. The molecule has 0 bridgehead atoms. The van der Waals surface area contributed by atoms with Crippen LogP contribution in [0.3, 0.4) is 0 Å². The predicted molar refractivity (Wildman–Crippen MR) is 97.3 cm³/mol. The average molecular weight is 329 g/mol. The van der Waals surface area contributed by atoms with Gasteiger partial charge in [-0.1, -0.05) is 11.6 Å². The summed E-state index contributed by atoms with van der Waals surface area (Å²) < 4.78 is 0. The monoisotopic (exact) mass is 328 g/mol. The van der Waals surface area contributed by atoms with Gasteiger partial charge in [0.15, 0.2) is 5.84 Å². The number of rotatable bonds is 1. The minimum absolute atomic E-state index is 0.203. The smallest absolute Gasteiger partial charge is 0.155 e. The van der Waals surface area contributed by atoms with Crippen molar-refractivity contribution < 1.29 is 0 Å². The van der Waals surface area contributed by atoms with Crippen molar-refractivity contribution in [1.82, 2.24) is 5.32 Å². The van der Waals surface area contributed by atoms with Gasteiger partial charge in [-0.15, -0.1) is 0 Å². The first kappa shape index (κ1) is 14.9. The number of aliphatic imine (C=N–C) groups is 2. The van der Waals surface area contributed by atoms with Crippen molar-refractivity contribution in [2.45, 2.75) is 32.7 Å². The van der Waals surface area contributed by atoms with Crippen molar-refractivity contribution in [3.8, 4) is 0 Å². The molecule has 0 amide bonds. The van der Waals surface area contributed by atoms with E-state index in [0.29, 0.717) is 5.92 Å². The van der Waals surface area contributed by atoms with E-state index in [1.165, 1.54) is 5.57 Å². The lowest BCUT2D eigenvalue weighted by molar-refractivity contribution is 0.458. The Hall–Kier alpha value is -1.65. The summed E-state index contributed by atoms with van der Waals surface area (Å²) in [6, 6.07) is 6.11. The lowest BCUT2D eigenvalue weighted by Gasteiger charge is -2.37. The number of fused-ring (bicyclic) bond motifs is 3. The molecule has 3 aliphatic heterocycles. The van der Waals surface area contributed by atoms with E-state index in [4.69, 9.17) is 21.6 Å². The molecule has 0 aliphatic carbocycles. The van der Waals surface area contributed by atoms with Gasteiger partial charge in [0.1, 0.15) is 0 Å². The maximum atomic E-state index is 6.21. The van der Waals surface area contributed by atoms with Crippen molar-refractivity contribution in [2.75, 3.05) is 18.0 Å². The molecule has 120 valence electrons. The van der Waals surface area contributed by atoms with Gasteiger partial charge in [-0.05, 0) is 63.6 Å². The van der Waals surface area contributed by atoms with Crippen molar-refractivity contribution in [3.63, 3.8) is 0 Å². The Balaban J connectivity index is 1.85. The number of hydrogen-bond donors (Lipinski definition) is 1. The Kier molecular flexibility index (Phi) is 3.74. The summed E-state index contributed by atoms with van der Waals surface area (Å²) in [5.41, 5.74) is 4.41. The van der Waals surface area contributed by atoms with Crippen molar-refractivity contribution >= 4 is 34.5 Å². The highest BCUT2D eigenvalue weighted by Gasteiger charge is 2.33. The molecule has 3 aliphatic rings. The van der Waals surface area contributed by atoms with E-state index in [2.05, 4.69) is 30.3 Å². The third-order valence-electron chi connectivity index (χ3n) is 4.93. The fraction of sp³-hybridized carbons (Fsp3) is 0.444. The Morgan fingerprint density at radius 3 is 2.83 bits per heavy atom. The first-order valence-corrected chi connectivity index (χ1v) is 8.66. The number of piperidine rings is 1. The molecule has 1 fully saturated rings. The SMILES string of the molecule is CC1=CN2C(=NC1C)C(C1CCNCC1)=Nc1ccc(Cl)cc12. The molecule has 5 heteroatoms. The van der Waals surface area contributed by atoms with Gasteiger partial charge in [-0.2, -0.15) is 0 Å². The quantitative estimate of drug-likeness (QED) is 0.848. The van der Waals surface area contributed by atoms with Crippen LogP contribution in [-0.4, -0.2) is 30.7 Å². The average Bonchev–Trinajstić information content (AvgIpc) is 2.56. The Bertz CT molecular complexity index is 729. The second-order valence-electron chi connectivity index (χ2n) is 6.53. The molecule has 0 aromatic heterocycles. The maximum absolute atomic E-state index is 6.21. The number of benzene rings is 1. The molecule has 4 rings (SSSR count). The first-order chi connectivity index (χ1) is 11.1. The molecule has 1 atom stereocenters. The second kappa shape index (κ2) is 5.77. The molecule has 1 aromatic rings. The minimum Gasteiger partial charge on any atom is -0.317 e. The van der Waals surface area contributed by atoms with Gasteiger partial charge in [0.05, 0.1) is 23.1 Å². The Labute approximate surface area is 142 Å². The Morgan fingerprint density at radius 2 is 2.04 bits per heavy atom. The highest BCUT2D eigenvalue weighted by atomic mass is 35.5. The number of amidine groups is 1. The molecule has 4 nitrogen and oxygen atoms in total. The minimum atomic E-state index is 0.203. The largest absolute Gasteiger partial charge is 0.317 e. The fourth-order valence-corrected chi connectivity index (χ4v) is 3.59. The van der Waals surface area contributed by atoms with E-state index >= 15 is 0 Å². The van der Waals surface area contributed by atoms with Gasteiger partial charge >= 0.3 is 0 Å². The molecular formula is C18H21ClN4. The highest BCUT2D eigenvalue weighted by Crippen LogP contribution is 2.39. The van der Waals surface area contributed by atoms with Crippen LogP contribution in [0, 0.1) is 5.92 Å². The molecule has 0 saturated carbocycles. The number of halogens is 1. The van der Waals surface area contributed by atoms with Crippen LogP contribution in [-0.2, 0) is 0 Å². The molecule has 0 radical (unpaired) electrons. The summed E-state index contributed by atoms with van der Waals surface area (Å²) in [6.45, 7) is 6.37. The van der Waals surface area contributed by atoms with Crippen LogP contribution in [0.4, 0.5) is 11.4 Å². The number of hydrogen-bond acceptors (Lipinski definition) is 4. The first-order valence-electron chi connectivity index (χ1n) is 8.28. The second-order valence-corrected chi connectivity index (χ2v) is 6.96. The lowest BCUT2D eigenvalue weighted by atomic mass is 9.90. The molecule has 1 N–H and O–H groups in total. The number of nitrogens with one attached hydrogen (secondary N) is 1. The van der Waals surface area contributed by atoms with Gasteiger partial charge in [0.25, 0.3) is 0 Å². The summed E-state index contributed by atoms with van der Waals surface area (Å²) >= 11 is 6.21. The molecule has 3 heterocycles. The van der Waals surface area contributed by atoms with E-state index in [0.717, 1.165) is 53.9 Å².